The molecule has 1 saturated carbocycles. The van der Waals surface area contributed by atoms with Gasteiger partial charge in [-0.15, -0.1) is 0 Å². The van der Waals surface area contributed by atoms with Gasteiger partial charge in [-0.2, -0.15) is 5.10 Å². The van der Waals surface area contributed by atoms with E-state index in [0.29, 0.717) is 36.8 Å². The van der Waals surface area contributed by atoms with E-state index in [1.165, 1.54) is 21.8 Å². The summed E-state index contributed by atoms with van der Waals surface area (Å²) in [5.74, 6) is 0.462. The largest absolute Gasteiger partial charge is 0.354 e. The third-order valence-electron chi connectivity index (χ3n) is 5.29. The van der Waals surface area contributed by atoms with Crippen LogP contribution in [0, 0.1) is 19.8 Å². The minimum atomic E-state index is -3.73. The zero-order valence-corrected chi connectivity index (χ0v) is 16.4. The van der Waals surface area contributed by atoms with Gasteiger partial charge in [-0.1, -0.05) is 18.2 Å². The van der Waals surface area contributed by atoms with Crippen molar-refractivity contribution in [2.75, 3.05) is 17.4 Å². The standard InChI is InChI=1S/C19H24N4O3S/c1-13-19(14(2)22(21-13)12-18(24)20-11-15-7-8-15)27(25,26)23-10-9-16-5-3-4-6-17(16)23/h3-6,15H,7-12H2,1-2H3,(H,20,24). The lowest BCUT2D eigenvalue weighted by atomic mass is 10.2. The summed E-state index contributed by atoms with van der Waals surface area (Å²) in [4.78, 5) is 12.4. The SMILES string of the molecule is Cc1nn(CC(=O)NCC2CC2)c(C)c1S(=O)(=O)N1CCc2ccccc21. The Morgan fingerprint density at radius 3 is 2.74 bits per heavy atom. The number of nitrogens with zero attached hydrogens (tertiary/aromatic N) is 3. The van der Waals surface area contributed by atoms with E-state index >= 15 is 0 Å². The molecule has 1 aromatic heterocycles. The van der Waals surface area contributed by atoms with E-state index in [4.69, 9.17) is 0 Å². The summed E-state index contributed by atoms with van der Waals surface area (Å²) >= 11 is 0. The van der Waals surface area contributed by atoms with Crippen LogP contribution in [-0.2, 0) is 27.8 Å². The maximum Gasteiger partial charge on any atom is 0.268 e. The fourth-order valence-electron chi connectivity index (χ4n) is 3.65. The number of carbonyl (C=O) groups is 1. The molecule has 1 N–H and O–H groups in total. The first-order valence-electron chi connectivity index (χ1n) is 9.29. The highest BCUT2D eigenvalue weighted by Crippen LogP contribution is 2.34. The second-order valence-electron chi connectivity index (χ2n) is 7.36. The van der Waals surface area contributed by atoms with Gasteiger partial charge in [-0.3, -0.25) is 13.8 Å². The molecule has 0 bridgehead atoms. The summed E-state index contributed by atoms with van der Waals surface area (Å²) in [7, 11) is -3.73. The number of hydrogen-bond donors (Lipinski definition) is 1. The van der Waals surface area contributed by atoms with Crippen LogP contribution in [0.4, 0.5) is 5.69 Å². The normalized spacial score (nSPS) is 16.4. The molecule has 1 aromatic carbocycles. The molecule has 1 amide bonds. The van der Waals surface area contributed by atoms with Gasteiger partial charge in [0.05, 0.1) is 17.1 Å². The van der Waals surface area contributed by atoms with E-state index in [1.54, 1.807) is 13.8 Å². The smallest absolute Gasteiger partial charge is 0.268 e. The molecule has 27 heavy (non-hydrogen) atoms. The number of aryl methyl sites for hydroxylation is 1. The molecule has 8 heteroatoms. The van der Waals surface area contributed by atoms with Crippen molar-refractivity contribution in [2.45, 2.75) is 44.6 Å². The van der Waals surface area contributed by atoms with Gasteiger partial charge in [0.25, 0.3) is 10.0 Å². The van der Waals surface area contributed by atoms with Crippen LogP contribution in [0.2, 0.25) is 0 Å². The maximum atomic E-state index is 13.3. The van der Waals surface area contributed by atoms with Crippen molar-refractivity contribution in [3.05, 3.63) is 41.2 Å². The van der Waals surface area contributed by atoms with Crippen LogP contribution in [0.3, 0.4) is 0 Å². The molecule has 1 aliphatic carbocycles. The van der Waals surface area contributed by atoms with Crippen LogP contribution in [0.15, 0.2) is 29.2 Å². The van der Waals surface area contributed by atoms with Gasteiger partial charge < -0.3 is 5.32 Å². The van der Waals surface area contributed by atoms with Crippen LogP contribution >= 0.6 is 0 Å². The lowest BCUT2D eigenvalue weighted by Gasteiger charge is -2.19. The maximum absolute atomic E-state index is 13.3. The molecule has 0 saturated heterocycles. The number of rotatable bonds is 6. The number of amides is 1. The number of hydrogen-bond acceptors (Lipinski definition) is 4. The van der Waals surface area contributed by atoms with Gasteiger partial charge in [0.15, 0.2) is 0 Å². The molecule has 0 radical (unpaired) electrons. The minimum Gasteiger partial charge on any atom is -0.354 e. The Kier molecular flexibility index (Phi) is 4.46. The second kappa shape index (κ2) is 6.67. The van der Waals surface area contributed by atoms with Crippen LogP contribution in [0.5, 0.6) is 0 Å². The summed E-state index contributed by atoms with van der Waals surface area (Å²) in [5.41, 5.74) is 2.68. The molecule has 2 aromatic rings. The van der Waals surface area contributed by atoms with E-state index < -0.39 is 10.0 Å². The minimum absolute atomic E-state index is 0.0332. The van der Waals surface area contributed by atoms with Crippen molar-refractivity contribution in [3.8, 4) is 0 Å². The van der Waals surface area contributed by atoms with Gasteiger partial charge in [0.1, 0.15) is 11.4 Å². The third kappa shape index (κ3) is 3.34. The van der Waals surface area contributed by atoms with Crippen molar-refractivity contribution in [1.82, 2.24) is 15.1 Å². The Bertz CT molecular complexity index is 992. The van der Waals surface area contributed by atoms with Crippen molar-refractivity contribution in [2.24, 2.45) is 5.92 Å². The number of benzene rings is 1. The van der Waals surface area contributed by atoms with E-state index in [1.807, 2.05) is 24.3 Å². The highest BCUT2D eigenvalue weighted by molar-refractivity contribution is 7.93. The fraction of sp³-hybridized carbons (Fsp3) is 0.474. The topological polar surface area (TPSA) is 84.3 Å². The zero-order chi connectivity index (χ0) is 19.2. The molecule has 2 heterocycles. The van der Waals surface area contributed by atoms with Gasteiger partial charge in [0, 0.05) is 13.1 Å². The first-order valence-corrected chi connectivity index (χ1v) is 10.7. The molecule has 4 rings (SSSR count). The summed E-state index contributed by atoms with van der Waals surface area (Å²) in [6.07, 6.45) is 3.03. The van der Waals surface area contributed by atoms with Crippen LogP contribution in [-0.4, -0.2) is 37.2 Å². The molecule has 1 fully saturated rings. The number of carbonyl (C=O) groups excluding carboxylic acids is 1. The molecule has 2 aliphatic rings. The second-order valence-corrected chi connectivity index (χ2v) is 9.16. The fourth-order valence-corrected chi connectivity index (χ4v) is 5.53. The highest BCUT2D eigenvalue weighted by atomic mass is 32.2. The Morgan fingerprint density at radius 2 is 2.00 bits per heavy atom. The first kappa shape index (κ1) is 18.0. The summed E-state index contributed by atoms with van der Waals surface area (Å²) in [6, 6.07) is 7.56. The first-order chi connectivity index (χ1) is 12.9. The average Bonchev–Trinajstić information content (AvgIpc) is 3.27. The van der Waals surface area contributed by atoms with E-state index in [-0.39, 0.29) is 17.3 Å². The van der Waals surface area contributed by atoms with Crippen molar-refractivity contribution in [3.63, 3.8) is 0 Å². The van der Waals surface area contributed by atoms with Crippen molar-refractivity contribution >= 4 is 21.6 Å². The number of sulfonamides is 1. The summed E-state index contributed by atoms with van der Waals surface area (Å²) in [6.45, 7) is 4.54. The summed E-state index contributed by atoms with van der Waals surface area (Å²) < 4.78 is 29.6. The van der Waals surface area contributed by atoms with E-state index in [0.717, 1.165) is 11.3 Å². The van der Waals surface area contributed by atoms with Crippen molar-refractivity contribution < 1.29 is 13.2 Å². The average molecular weight is 388 g/mol. The Labute approximate surface area is 159 Å². The Morgan fingerprint density at radius 1 is 1.26 bits per heavy atom. The predicted octanol–water partition coefficient (Wildman–Crippen LogP) is 1.78. The van der Waals surface area contributed by atoms with Gasteiger partial charge >= 0.3 is 0 Å². The van der Waals surface area contributed by atoms with E-state index in [9.17, 15) is 13.2 Å². The van der Waals surface area contributed by atoms with Crippen LogP contribution in [0.25, 0.3) is 0 Å². The van der Waals surface area contributed by atoms with Crippen molar-refractivity contribution in [1.29, 1.82) is 0 Å². The molecule has 144 valence electrons. The molecular weight excluding hydrogens is 364 g/mol. The third-order valence-corrected chi connectivity index (χ3v) is 7.35. The Balaban J connectivity index is 1.60. The number of anilines is 1. The molecule has 7 nitrogen and oxygen atoms in total. The zero-order valence-electron chi connectivity index (χ0n) is 15.6. The highest BCUT2D eigenvalue weighted by Gasteiger charge is 2.35. The number of aromatic nitrogens is 2. The Hall–Kier alpha value is -2.35. The van der Waals surface area contributed by atoms with Crippen LogP contribution < -0.4 is 9.62 Å². The summed E-state index contributed by atoms with van der Waals surface area (Å²) in [5, 5.41) is 7.23. The molecule has 0 unspecified atom stereocenters. The monoisotopic (exact) mass is 388 g/mol. The lowest BCUT2D eigenvalue weighted by molar-refractivity contribution is -0.121. The molecule has 1 aliphatic heterocycles. The van der Waals surface area contributed by atoms with Gasteiger partial charge in [-0.25, -0.2) is 8.42 Å². The molecular formula is C19H24N4O3S. The van der Waals surface area contributed by atoms with Crippen LogP contribution in [0.1, 0.15) is 29.8 Å². The van der Waals surface area contributed by atoms with Gasteiger partial charge in [0.2, 0.25) is 5.91 Å². The van der Waals surface area contributed by atoms with E-state index in [2.05, 4.69) is 10.4 Å². The number of fused-ring (bicyclic) bond motifs is 1. The lowest BCUT2D eigenvalue weighted by Crippen LogP contribution is -2.31. The number of para-hydroxylation sites is 1. The molecule has 0 spiro atoms. The van der Waals surface area contributed by atoms with Gasteiger partial charge in [-0.05, 0) is 50.7 Å². The number of nitrogens with one attached hydrogen (secondary N) is 1. The predicted molar refractivity (Wildman–Crippen MR) is 102 cm³/mol. The quantitative estimate of drug-likeness (QED) is 0.818. The molecule has 0 atom stereocenters.